The Morgan fingerprint density at radius 3 is 0.472 bits per heavy atom. The molecule has 4 aromatic rings. The topological polar surface area (TPSA) is 217 Å². The normalized spacial score (nSPS) is 17.4. The average molecular weight is 1070 g/mol. The lowest BCUT2D eigenvalue weighted by Gasteiger charge is -2.35. The second kappa shape index (κ2) is 17.7. The van der Waals surface area contributed by atoms with Crippen LogP contribution < -0.4 is 0 Å². The molecular weight excluding hydrogens is 993 g/mol. The van der Waals surface area contributed by atoms with Crippen molar-refractivity contribution in [3.05, 3.63) is 70.8 Å². The van der Waals surface area contributed by atoms with Crippen LogP contribution in [0, 0.1) is 21.7 Å². The highest BCUT2D eigenvalue weighted by Crippen LogP contribution is 2.53. The van der Waals surface area contributed by atoms with E-state index in [0.29, 0.717) is 25.7 Å². The molecule has 1 aliphatic heterocycles. The molecule has 5 rings (SSSR count). The van der Waals surface area contributed by atoms with E-state index in [4.69, 9.17) is 0 Å². The summed E-state index contributed by atoms with van der Waals surface area (Å²) in [5, 5.41) is 49.6. The van der Waals surface area contributed by atoms with E-state index in [1.165, 1.54) is 0 Å². The van der Waals surface area contributed by atoms with Crippen LogP contribution in [0.3, 0.4) is 0 Å². The molecule has 0 atom stereocenters. The fourth-order valence-electron chi connectivity index (χ4n) is 11.7. The first kappa shape index (κ1) is 58.8. The van der Waals surface area contributed by atoms with Crippen molar-refractivity contribution < 1.29 is 54.1 Å². The monoisotopic (exact) mass is 1070 g/mol. The van der Waals surface area contributed by atoms with Crippen LogP contribution in [0.2, 0.25) is 0 Å². The third-order valence-corrected chi connectivity index (χ3v) is 20.6. The summed E-state index contributed by atoms with van der Waals surface area (Å²) in [6.07, 6.45) is 1.36. The predicted molar refractivity (Wildman–Crippen MR) is 283 cm³/mol. The third-order valence-electron chi connectivity index (χ3n) is 13.5. The molecule has 0 unspecified atom stereocenters. The van der Waals surface area contributed by atoms with Gasteiger partial charge in [-0.1, -0.05) is 138 Å². The van der Waals surface area contributed by atoms with Gasteiger partial charge in [-0.25, -0.2) is 33.7 Å². The minimum Gasteiger partial charge on any atom is -0.505 e. The number of sulfone groups is 4. The van der Waals surface area contributed by atoms with E-state index in [1.54, 1.807) is 55.4 Å². The number of fused-ring (bicyclic) bond motifs is 8. The fraction of sp³-hybridized carbons (Fsp3) is 0.571. The lowest BCUT2D eigenvalue weighted by atomic mass is 9.72. The molecule has 0 fully saturated rings. The van der Waals surface area contributed by atoms with Crippen LogP contribution in [0.1, 0.15) is 186 Å². The molecule has 0 saturated carbocycles. The van der Waals surface area contributed by atoms with Crippen molar-refractivity contribution in [3.8, 4) is 23.0 Å². The van der Waals surface area contributed by atoms with Crippen molar-refractivity contribution >= 4 is 39.3 Å². The van der Waals surface area contributed by atoms with Gasteiger partial charge in [0.15, 0.2) is 23.0 Å². The van der Waals surface area contributed by atoms with Gasteiger partial charge in [0, 0.05) is 0 Å². The first-order valence-corrected chi connectivity index (χ1v) is 30.2. The Morgan fingerprint density at radius 2 is 0.375 bits per heavy atom. The molecule has 0 aliphatic carbocycles. The summed E-state index contributed by atoms with van der Waals surface area (Å²) < 4.78 is 125. The Labute approximate surface area is 431 Å². The molecule has 0 radical (unpaired) electrons. The molecule has 16 heteroatoms. The van der Waals surface area contributed by atoms with Crippen LogP contribution in [0.4, 0.5) is 0 Å². The van der Waals surface area contributed by atoms with Crippen LogP contribution in [-0.2, 0) is 61.0 Å². The summed E-state index contributed by atoms with van der Waals surface area (Å²) in [5.74, 6) is -5.23. The summed E-state index contributed by atoms with van der Waals surface area (Å²) in [7, 11) is -21.5. The summed E-state index contributed by atoms with van der Waals surface area (Å²) >= 11 is 0. The van der Waals surface area contributed by atoms with E-state index in [2.05, 4.69) is 0 Å². The molecule has 4 N–H and O–H groups in total. The zero-order chi connectivity index (χ0) is 55.7. The Morgan fingerprint density at radius 1 is 0.264 bits per heavy atom. The predicted octanol–water partition coefficient (Wildman–Crippen LogP) is 13.0. The van der Waals surface area contributed by atoms with Gasteiger partial charge in [0.05, 0.1) is 0 Å². The molecule has 8 bridgehead atoms. The van der Waals surface area contributed by atoms with Crippen molar-refractivity contribution in [2.45, 2.75) is 225 Å². The lowest BCUT2D eigenvalue weighted by molar-refractivity contribution is 0.282. The smallest absolute Gasteiger partial charge is 0.214 e. The van der Waals surface area contributed by atoms with Crippen molar-refractivity contribution in [1.82, 2.24) is 0 Å². The Kier molecular flexibility index (Phi) is 14.5. The van der Waals surface area contributed by atoms with Crippen molar-refractivity contribution in [3.63, 3.8) is 0 Å². The van der Waals surface area contributed by atoms with E-state index in [1.807, 2.05) is 83.1 Å². The highest BCUT2D eigenvalue weighted by atomic mass is 32.2. The van der Waals surface area contributed by atoms with Gasteiger partial charge in [0.25, 0.3) is 0 Å². The third kappa shape index (κ3) is 11.4. The minimum absolute atomic E-state index is 0.104. The SMILES string of the molecule is CC(C)(C)CC(C)(C)c1cc2c(O)c(c1)S(=O)(=O)c1cc(C(C)(C)CC(C)(C)C)cc(c1O)S(=O)(=O)c1cc(C(C)(C)CC(C)(C)C)cc(c1O)S(=O)(=O)c1cc(C(C)(C)CC(C)(C)C)cc(c1O)S2(=O)=O. The van der Waals surface area contributed by atoms with Crippen LogP contribution in [-0.4, -0.2) is 54.1 Å². The maximum atomic E-state index is 15.7. The van der Waals surface area contributed by atoms with Gasteiger partial charge in [-0.3, -0.25) is 0 Å². The molecule has 1 aliphatic rings. The second-order valence-electron chi connectivity index (χ2n) is 27.8. The van der Waals surface area contributed by atoms with Crippen molar-refractivity contribution in [2.75, 3.05) is 0 Å². The van der Waals surface area contributed by atoms with Gasteiger partial charge in [0.2, 0.25) is 39.3 Å². The summed E-state index contributed by atoms with van der Waals surface area (Å²) in [5.41, 5.74) is -5.48. The van der Waals surface area contributed by atoms with Gasteiger partial charge in [-0.15, -0.1) is 0 Å². The highest BCUT2D eigenvalue weighted by molar-refractivity contribution is 7.94. The fourth-order valence-corrected chi connectivity index (χ4v) is 18.1. The standard InChI is InChI=1S/C56H80O12S4/c1-49(2,3)29-53(13,14)33-21-37-45(57)38(22-33)70(63,64)40-24-35(55(17,18)31-51(7,8)9)26-42(47(40)59)72(67,68)44-28-36(56(19,20)32-52(10,11)12)27-43(48(44)60)71(65,66)41-25-34(54(15,16)30-50(4,5)6)23-39(46(41)58)69(37,61)62/h21-28,57-60H,29-32H2,1-20H3. The maximum Gasteiger partial charge on any atom is 0.214 e. The number of phenols is 4. The van der Waals surface area contributed by atoms with Crippen LogP contribution >= 0.6 is 0 Å². The number of benzene rings is 4. The summed E-state index contributed by atoms with van der Waals surface area (Å²) in [6, 6.07) is 8.86. The highest BCUT2D eigenvalue weighted by Gasteiger charge is 2.44. The summed E-state index contributed by atoms with van der Waals surface area (Å²) in [6.45, 7) is 37.3. The molecule has 72 heavy (non-hydrogen) atoms. The largest absolute Gasteiger partial charge is 0.505 e. The van der Waals surface area contributed by atoms with E-state index >= 15 is 33.7 Å². The molecule has 0 amide bonds. The van der Waals surface area contributed by atoms with E-state index in [0.717, 1.165) is 48.5 Å². The molecule has 0 aromatic heterocycles. The Balaban J connectivity index is 2.22. The Hall–Kier alpha value is -4.12. The summed E-state index contributed by atoms with van der Waals surface area (Å²) in [4.78, 5) is -7.97. The van der Waals surface area contributed by atoms with Gasteiger partial charge < -0.3 is 20.4 Å². The lowest BCUT2D eigenvalue weighted by Crippen LogP contribution is -2.27. The van der Waals surface area contributed by atoms with Crippen LogP contribution in [0.15, 0.2) is 87.7 Å². The molecule has 0 saturated heterocycles. The van der Waals surface area contributed by atoms with Crippen LogP contribution in [0.5, 0.6) is 23.0 Å². The average Bonchev–Trinajstić information content (AvgIpc) is 3.13. The number of rotatable bonds is 8. The van der Waals surface area contributed by atoms with E-state index < -0.39 is 145 Å². The zero-order valence-corrected chi connectivity index (χ0v) is 49.4. The zero-order valence-electron chi connectivity index (χ0n) is 46.1. The molecule has 1 heterocycles. The van der Waals surface area contributed by atoms with Gasteiger partial charge in [-0.05, 0) is 140 Å². The molecule has 4 aromatic carbocycles. The number of phenolic OH excluding ortho intramolecular Hbond substituents is 4. The minimum atomic E-state index is -5.37. The number of aromatic hydroxyl groups is 4. The second-order valence-corrected chi connectivity index (χ2v) is 35.3. The van der Waals surface area contributed by atoms with E-state index in [9.17, 15) is 20.4 Å². The quantitative estimate of drug-likeness (QED) is 0.114. The van der Waals surface area contributed by atoms with Gasteiger partial charge >= 0.3 is 0 Å². The number of hydrogen-bond donors (Lipinski definition) is 4. The number of hydrogen-bond acceptors (Lipinski definition) is 12. The van der Waals surface area contributed by atoms with Gasteiger partial charge in [-0.2, -0.15) is 0 Å². The van der Waals surface area contributed by atoms with E-state index in [-0.39, 0.29) is 22.3 Å². The maximum absolute atomic E-state index is 15.7. The Bertz CT molecular complexity index is 2740. The molecule has 0 spiro atoms. The molecule has 400 valence electrons. The molecular formula is C56H80O12S4. The van der Waals surface area contributed by atoms with Crippen molar-refractivity contribution in [1.29, 1.82) is 0 Å². The van der Waals surface area contributed by atoms with Gasteiger partial charge in [0.1, 0.15) is 39.2 Å². The first-order chi connectivity index (χ1) is 31.8. The first-order valence-electron chi connectivity index (χ1n) is 24.3. The molecule has 12 nitrogen and oxygen atoms in total. The van der Waals surface area contributed by atoms with Crippen LogP contribution in [0.25, 0.3) is 0 Å². The van der Waals surface area contributed by atoms with Crippen molar-refractivity contribution in [2.24, 2.45) is 21.7 Å².